The van der Waals surface area contributed by atoms with E-state index >= 15 is 0 Å². The van der Waals surface area contributed by atoms with Gasteiger partial charge in [-0.05, 0) is 25.0 Å². The Bertz CT molecular complexity index is 785. The molecule has 2 aromatic rings. The quantitative estimate of drug-likeness (QED) is 0.834. The number of nitrogens with zero attached hydrogens (tertiary/aromatic N) is 5. The van der Waals surface area contributed by atoms with E-state index in [4.69, 9.17) is 4.98 Å². The summed E-state index contributed by atoms with van der Waals surface area (Å²) in [4.78, 5) is 30.5. The van der Waals surface area contributed by atoms with Gasteiger partial charge in [0.25, 0.3) is 0 Å². The van der Waals surface area contributed by atoms with Crippen molar-refractivity contribution in [1.82, 2.24) is 19.9 Å². The molecule has 0 unspecified atom stereocenters. The fraction of sp³-hybridized carbons (Fsp3) is 0.524. The number of pyridine rings is 1. The van der Waals surface area contributed by atoms with Gasteiger partial charge in [-0.1, -0.05) is 27.7 Å². The van der Waals surface area contributed by atoms with Gasteiger partial charge >= 0.3 is 0 Å². The maximum Gasteiger partial charge on any atom is 0.228 e. The molecule has 1 aliphatic rings. The molecule has 3 heterocycles. The summed E-state index contributed by atoms with van der Waals surface area (Å²) in [5.41, 5.74) is 1.66. The highest BCUT2D eigenvalue weighted by molar-refractivity contribution is 5.81. The number of amides is 1. The third-order valence-electron chi connectivity index (χ3n) is 4.82. The van der Waals surface area contributed by atoms with Crippen LogP contribution in [0.1, 0.15) is 39.8 Å². The van der Waals surface area contributed by atoms with Crippen LogP contribution in [-0.2, 0) is 11.2 Å². The van der Waals surface area contributed by atoms with E-state index in [0.29, 0.717) is 0 Å². The average Bonchev–Trinajstić information content (AvgIpc) is 2.93. The maximum atomic E-state index is 12.6. The first kappa shape index (κ1) is 19.3. The topological polar surface area (TPSA) is 62.2 Å². The largest absolute Gasteiger partial charge is 0.355 e. The molecule has 0 aliphatic carbocycles. The van der Waals surface area contributed by atoms with E-state index in [2.05, 4.69) is 27.9 Å². The molecular formula is C21H29N5O. The van der Waals surface area contributed by atoms with Crippen molar-refractivity contribution in [2.45, 2.75) is 40.5 Å². The third-order valence-corrected chi connectivity index (χ3v) is 4.82. The second kappa shape index (κ2) is 8.03. The van der Waals surface area contributed by atoms with E-state index < -0.39 is 0 Å². The minimum atomic E-state index is -0.339. The first-order valence-corrected chi connectivity index (χ1v) is 9.71. The third kappa shape index (κ3) is 4.62. The van der Waals surface area contributed by atoms with Gasteiger partial charge in [0.1, 0.15) is 5.82 Å². The molecular weight excluding hydrogens is 338 g/mol. The summed E-state index contributed by atoms with van der Waals surface area (Å²) in [6, 6.07) is 5.95. The normalized spacial score (nSPS) is 15.6. The van der Waals surface area contributed by atoms with E-state index in [9.17, 15) is 4.79 Å². The van der Waals surface area contributed by atoms with Crippen molar-refractivity contribution in [1.29, 1.82) is 0 Å². The molecule has 0 saturated carbocycles. The summed E-state index contributed by atoms with van der Waals surface area (Å²) in [7, 11) is 0. The second-order valence-corrected chi connectivity index (χ2v) is 8.01. The maximum absolute atomic E-state index is 12.6. The zero-order valence-electron chi connectivity index (χ0n) is 16.8. The van der Waals surface area contributed by atoms with Crippen LogP contribution in [0.15, 0.2) is 30.6 Å². The molecule has 1 aliphatic heterocycles. The first-order chi connectivity index (χ1) is 12.9. The molecule has 0 bridgehead atoms. The van der Waals surface area contributed by atoms with Crippen LogP contribution in [0, 0.1) is 5.41 Å². The van der Waals surface area contributed by atoms with Crippen molar-refractivity contribution < 1.29 is 4.79 Å². The predicted octanol–water partition coefficient (Wildman–Crippen LogP) is 3.19. The molecule has 6 heteroatoms. The van der Waals surface area contributed by atoms with Gasteiger partial charge in [0.15, 0.2) is 5.82 Å². The van der Waals surface area contributed by atoms with Crippen molar-refractivity contribution in [3.63, 3.8) is 0 Å². The highest BCUT2D eigenvalue weighted by atomic mass is 16.2. The lowest BCUT2D eigenvalue weighted by Crippen LogP contribution is -2.41. The lowest BCUT2D eigenvalue weighted by atomic mass is 9.94. The molecule has 0 radical (unpaired) electrons. The van der Waals surface area contributed by atoms with Crippen molar-refractivity contribution in [3.8, 4) is 11.4 Å². The van der Waals surface area contributed by atoms with Gasteiger partial charge in [-0.25, -0.2) is 9.97 Å². The molecule has 0 aromatic carbocycles. The van der Waals surface area contributed by atoms with Gasteiger partial charge < -0.3 is 9.80 Å². The highest BCUT2D eigenvalue weighted by Gasteiger charge is 2.29. The fourth-order valence-electron chi connectivity index (χ4n) is 3.28. The van der Waals surface area contributed by atoms with Crippen molar-refractivity contribution in [2.24, 2.45) is 5.41 Å². The Kier molecular flexibility index (Phi) is 5.73. The molecule has 0 atom stereocenters. The first-order valence-electron chi connectivity index (χ1n) is 9.71. The van der Waals surface area contributed by atoms with E-state index in [1.165, 1.54) is 0 Å². The number of carbonyl (C=O) groups excluding carboxylic acids is 1. The fourth-order valence-corrected chi connectivity index (χ4v) is 3.28. The molecule has 27 heavy (non-hydrogen) atoms. The Hall–Kier alpha value is -2.50. The minimum Gasteiger partial charge on any atom is -0.355 e. The predicted molar refractivity (Wildman–Crippen MR) is 108 cm³/mol. The van der Waals surface area contributed by atoms with Crippen LogP contribution in [0.5, 0.6) is 0 Å². The number of aromatic nitrogens is 3. The van der Waals surface area contributed by atoms with E-state index in [1.807, 2.05) is 37.8 Å². The molecule has 1 saturated heterocycles. The lowest BCUT2D eigenvalue weighted by molar-refractivity contribution is -0.139. The van der Waals surface area contributed by atoms with Gasteiger partial charge in [-0.2, -0.15) is 0 Å². The lowest BCUT2D eigenvalue weighted by Gasteiger charge is -2.28. The van der Waals surface area contributed by atoms with Gasteiger partial charge in [-0.15, -0.1) is 0 Å². The zero-order chi connectivity index (χ0) is 19.4. The summed E-state index contributed by atoms with van der Waals surface area (Å²) in [5, 5.41) is 0. The Morgan fingerprint density at radius 3 is 2.48 bits per heavy atom. The van der Waals surface area contributed by atoms with Crippen LogP contribution in [0.3, 0.4) is 0 Å². The van der Waals surface area contributed by atoms with Gasteiger partial charge in [0.2, 0.25) is 5.91 Å². The van der Waals surface area contributed by atoms with Crippen molar-refractivity contribution >= 4 is 11.7 Å². The van der Waals surface area contributed by atoms with Crippen LogP contribution in [0.2, 0.25) is 0 Å². The summed E-state index contributed by atoms with van der Waals surface area (Å²) >= 11 is 0. The molecule has 144 valence electrons. The number of carbonyl (C=O) groups is 1. The summed E-state index contributed by atoms with van der Waals surface area (Å²) < 4.78 is 0. The van der Waals surface area contributed by atoms with Crippen LogP contribution in [-0.4, -0.2) is 51.9 Å². The molecule has 0 spiro atoms. The Balaban J connectivity index is 1.83. The number of rotatable bonds is 3. The number of anilines is 1. The van der Waals surface area contributed by atoms with E-state index in [0.717, 1.165) is 61.9 Å². The van der Waals surface area contributed by atoms with Gasteiger partial charge in [0.05, 0.1) is 0 Å². The Labute approximate surface area is 161 Å². The highest BCUT2D eigenvalue weighted by Crippen LogP contribution is 2.23. The van der Waals surface area contributed by atoms with E-state index in [-0.39, 0.29) is 11.3 Å². The summed E-state index contributed by atoms with van der Waals surface area (Å²) in [6.07, 6.45) is 5.33. The van der Waals surface area contributed by atoms with E-state index in [1.54, 1.807) is 12.4 Å². The molecule has 1 amide bonds. The summed E-state index contributed by atoms with van der Waals surface area (Å²) in [6.45, 7) is 11.3. The SMILES string of the molecule is CCc1cc(N2CCCN(C(=O)C(C)(C)C)CC2)nc(-c2ccncc2)n1. The zero-order valence-corrected chi connectivity index (χ0v) is 16.8. The van der Waals surface area contributed by atoms with Crippen LogP contribution in [0.4, 0.5) is 5.82 Å². The smallest absolute Gasteiger partial charge is 0.228 e. The monoisotopic (exact) mass is 367 g/mol. The number of hydrogen-bond acceptors (Lipinski definition) is 5. The average molecular weight is 367 g/mol. The van der Waals surface area contributed by atoms with Crippen molar-refractivity contribution in [2.75, 3.05) is 31.1 Å². The molecule has 1 fully saturated rings. The standard InChI is InChI=1S/C21H29N5O/c1-5-17-15-18(24-19(23-17)16-7-9-22-10-8-16)25-11-6-12-26(14-13-25)20(27)21(2,3)4/h7-10,15H,5-6,11-14H2,1-4H3. The molecule has 2 aromatic heterocycles. The molecule has 0 N–H and O–H groups in total. The van der Waals surface area contributed by atoms with Gasteiger partial charge in [0, 0.05) is 61.3 Å². The summed E-state index contributed by atoms with van der Waals surface area (Å²) in [5.74, 6) is 1.90. The number of hydrogen-bond donors (Lipinski definition) is 0. The van der Waals surface area contributed by atoms with Crippen LogP contribution in [0.25, 0.3) is 11.4 Å². The second-order valence-electron chi connectivity index (χ2n) is 8.01. The minimum absolute atomic E-state index is 0.221. The molecule has 6 nitrogen and oxygen atoms in total. The van der Waals surface area contributed by atoms with Crippen LogP contribution >= 0.6 is 0 Å². The number of aryl methyl sites for hydroxylation is 1. The van der Waals surface area contributed by atoms with Crippen LogP contribution < -0.4 is 4.90 Å². The Morgan fingerprint density at radius 1 is 1.07 bits per heavy atom. The molecule has 3 rings (SSSR count). The van der Waals surface area contributed by atoms with Crippen molar-refractivity contribution in [3.05, 3.63) is 36.3 Å². The van der Waals surface area contributed by atoms with Gasteiger partial charge in [-0.3, -0.25) is 9.78 Å². The Morgan fingerprint density at radius 2 is 1.81 bits per heavy atom.